The Labute approximate surface area is 103 Å². The van der Waals surface area contributed by atoms with Crippen LogP contribution < -0.4 is 10.6 Å². The molecule has 0 aliphatic heterocycles. The van der Waals surface area contributed by atoms with Crippen molar-refractivity contribution in [3.05, 3.63) is 35.4 Å². The quantitative estimate of drug-likeness (QED) is 0.812. The van der Waals surface area contributed by atoms with E-state index in [1.165, 1.54) is 11.1 Å². The Hall–Kier alpha value is -1.35. The van der Waals surface area contributed by atoms with Crippen molar-refractivity contribution in [2.24, 2.45) is 0 Å². The van der Waals surface area contributed by atoms with Crippen molar-refractivity contribution < 1.29 is 4.79 Å². The normalized spacial score (nSPS) is 16.6. The first-order valence-corrected chi connectivity index (χ1v) is 6.25. The number of nitrogens with one attached hydrogen (secondary N) is 2. The number of carbonyl (C=O) groups excluding carboxylic acids is 1. The predicted octanol–water partition coefficient (Wildman–Crippen LogP) is 1.75. The second-order valence-corrected chi connectivity index (χ2v) is 4.81. The van der Waals surface area contributed by atoms with Gasteiger partial charge < -0.3 is 10.6 Å². The van der Waals surface area contributed by atoms with Gasteiger partial charge in [-0.05, 0) is 37.8 Å². The molecule has 92 valence electrons. The smallest absolute Gasteiger partial charge is 0.237 e. The summed E-state index contributed by atoms with van der Waals surface area (Å²) in [5.41, 5.74) is 2.51. The summed E-state index contributed by atoms with van der Waals surface area (Å²) in [5.74, 6) is 0.112. The number of amides is 1. The van der Waals surface area contributed by atoms with E-state index in [2.05, 4.69) is 29.7 Å². The van der Waals surface area contributed by atoms with Crippen molar-refractivity contribution in [3.63, 3.8) is 0 Å². The summed E-state index contributed by atoms with van der Waals surface area (Å²) >= 11 is 0. The maximum absolute atomic E-state index is 11.7. The van der Waals surface area contributed by atoms with Gasteiger partial charge in [0, 0.05) is 12.6 Å². The van der Waals surface area contributed by atoms with Crippen LogP contribution in [0, 0.1) is 6.92 Å². The maximum Gasteiger partial charge on any atom is 0.237 e. The molecular formula is C14H20N2O. The molecule has 2 N–H and O–H groups in total. The van der Waals surface area contributed by atoms with Crippen LogP contribution in [-0.4, -0.2) is 18.0 Å². The van der Waals surface area contributed by atoms with Gasteiger partial charge in [-0.15, -0.1) is 0 Å². The van der Waals surface area contributed by atoms with Crippen LogP contribution in [0.1, 0.15) is 30.9 Å². The molecule has 2 rings (SSSR count). The number of carbonyl (C=O) groups is 1. The summed E-state index contributed by atoms with van der Waals surface area (Å²) in [6.07, 6.45) is 2.27. The van der Waals surface area contributed by atoms with Crippen LogP contribution in [-0.2, 0) is 11.3 Å². The number of aryl methyl sites for hydroxylation is 1. The molecule has 1 aromatic carbocycles. The standard InChI is InChI=1S/C14H20N2O/c1-10-5-3-4-6-12(10)9-15-11(2)14(17)16-13-7-8-13/h3-6,11,13,15H,7-9H2,1-2H3,(H,16,17). The monoisotopic (exact) mass is 232 g/mol. The van der Waals surface area contributed by atoms with E-state index in [-0.39, 0.29) is 11.9 Å². The minimum atomic E-state index is -0.129. The van der Waals surface area contributed by atoms with Crippen LogP contribution in [0.3, 0.4) is 0 Å². The van der Waals surface area contributed by atoms with E-state index in [0.29, 0.717) is 6.04 Å². The van der Waals surface area contributed by atoms with Crippen LogP contribution in [0.25, 0.3) is 0 Å². The molecule has 1 aliphatic carbocycles. The zero-order chi connectivity index (χ0) is 12.3. The van der Waals surface area contributed by atoms with Gasteiger partial charge in [0.2, 0.25) is 5.91 Å². The molecule has 1 fully saturated rings. The molecule has 1 saturated carbocycles. The third-order valence-electron chi connectivity index (χ3n) is 3.18. The Morgan fingerprint density at radius 1 is 1.41 bits per heavy atom. The Morgan fingerprint density at radius 2 is 2.12 bits per heavy atom. The fourth-order valence-electron chi connectivity index (χ4n) is 1.72. The molecular weight excluding hydrogens is 212 g/mol. The minimum Gasteiger partial charge on any atom is -0.352 e. The van der Waals surface area contributed by atoms with Crippen molar-refractivity contribution in [3.8, 4) is 0 Å². The van der Waals surface area contributed by atoms with Gasteiger partial charge in [-0.25, -0.2) is 0 Å². The Morgan fingerprint density at radius 3 is 2.76 bits per heavy atom. The van der Waals surface area contributed by atoms with Gasteiger partial charge in [-0.3, -0.25) is 4.79 Å². The van der Waals surface area contributed by atoms with Crippen molar-refractivity contribution in [1.29, 1.82) is 0 Å². The van der Waals surface area contributed by atoms with E-state index >= 15 is 0 Å². The average molecular weight is 232 g/mol. The molecule has 1 atom stereocenters. The van der Waals surface area contributed by atoms with Crippen LogP contribution in [0.15, 0.2) is 24.3 Å². The molecule has 1 aliphatic rings. The molecule has 1 amide bonds. The zero-order valence-electron chi connectivity index (χ0n) is 10.5. The summed E-state index contributed by atoms with van der Waals surface area (Å²) in [6.45, 7) is 4.74. The number of benzene rings is 1. The van der Waals surface area contributed by atoms with Gasteiger partial charge in [0.1, 0.15) is 0 Å². The van der Waals surface area contributed by atoms with Crippen molar-refractivity contribution in [1.82, 2.24) is 10.6 Å². The second kappa shape index (κ2) is 5.32. The second-order valence-electron chi connectivity index (χ2n) is 4.81. The van der Waals surface area contributed by atoms with E-state index in [1.807, 2.05) is 19.1 Å². The molecule has 1 aromatic rings. The number of rotatable bonds is 5. The highest BCUT2D eigenvalue weighted by Gasteiger charge is 2.25. The first-order valence-electron chi connectivity index (χ1n) is 6.25. The molecule has 1 unspecified atom stereocenters. The highest BCUT2D eigenvalue weighted by Crippen LogP contribution is 2.18. The number of hydrogen-bond donors (Lipinski definition) is 2. The highest BCUT2D eigenvalue weighted by molar-refractivity contribution is 5.81. The molecule has 3 heteroatoms. The summed E-state index contributed by atoms with van der Waals surface area (Å²) in [6, 6.07) is 8.54. The maximum atomic E-state index is 11.7. The fourth-order valence-corrected chi connectivity index (χ4v) is 1.72. The predicted molar refractivity (Wildman–Crippen MR) is 68.6 cm³/mol. The zero-order valence-corrected chi connectivity index (χ0v) is 10.5. The Bertz CT molecular complexity index is 399. The minimum absolute atomic E-state index is 0.112. The largest absolute Gasteiger partial charge is 0.352 e. The molecule has 0 spiro atoms. The van der Waals surface area contributed by atoms with E-state index in [0.717, 1.165) is 19.4 Å². The lowest BCUT2D eigenvalue weighted by molar-refractivity contribution is -0.122. The van der Waals surface area contributed by atoms with Gasteiger partial charge in [0.05, 0.1) is 6.04 Å². The molecule has 0 bridgehead atoms. The topological polar surface area (TPSA) is 41.1 Å². The lowest BCUT2D eigenvalue weighted by Crippen LogP contribution is -2.42. The summed E-state index contributed by atoms with van der Waals surface area (Å²) < 4.78 is 0. The third kappa shape index (κ3) is 3.56. The van der Waals surface area contributed by atoms with Gasteiger partial charge in [0.25, 0.3) is 0 Å². The molecule has 0 saturated heterocycles. The molecule has 0 aromatic heterocycles. The Kier molecular flexibility index (Phi) is 3.79. The van der Waals surface area contributed by atoms with Gasteiger partial charge in [0.15, 0.2) is 0 Å². The molecule has 0 heterocycles. The molecule has 17 heavy (non-hydrogen) atoms. The van der Waals surface area contributed by atoms with Gasteiger partial charge in [-0.2, -0.15) is 0 Å². The first kappa shape index (κ1) is 12.1. The Balaban J connectivity index is 1.80. The average Bonchev–Trinajstić information content (AvgIpc) is 3.11. The van der Waals surface area contributed by atoms with E-state index in [9.17, 15) is 4.79 Å². The lowest BCUT2D eigenvalue weighted by atomic mass is 10.1. The van der Waals surface area contributed by atoms with Crippen molar-refractivity contribution >= 4 is 5.91 Å². The van der Waals surface area contributed by atoms with Gasteiger partial charge in [-0.1, -0.05) is 24.3 Å². The molecule has 0 radical (unpaired) electrons. The van der Waals surface area contributed by atoms with E-state index in [1.54, 1.807) is 0 Å². The molecule has 3 nitrogen and oxygen atoms in total. The fraction of sp³-hybridized carbons (Fsp3) is 0.500. The van der Waals surface area contributed by atoms with Crippen LogP contribution in [0.2, 0.25) is 0 Å². The summed E-state index contributed by atoms with van der Waals surface area (Å²) in [7, 11) is 0. The van der Waals surface area contributed by atoms with Crippen LogP contribution in [0.5, 0.6) is 0 Å². The van der Waals surface area contributed by atoms with Crippen LogP contribution in [0.4, 0.5) is 0 Å². The van der Waals surface area contributed by atoms with E-state index < -0.39 is 0 Å². The highest BCUT2D eigenvalue weighted by atomic mass is 16.2. The van der Waals surface area contributed by atoms with Crippen LogP contribution >= 0.6 is 0 Å². The first-order chi connectivity index (χ1) is 8.16. The van der Waals surface area contributed by atoms with Crippen molar-refractivity contribution in [2.75, 3.05) is 0 Å². The van der Waals surface area contributed by atoms with Gasteiger partial charge >= 0.3 is 0 Å². The third-order valence-corrected chi connectivity index (χ3v) is 3.18. The van der Waals surface area contributed by atoms with Crippen molar-refractivity contribution in [2.45, 2.75) is 45.3 Å². The van der Waals surface area contributed by atoms with E-state index in [4.69, 9.17) is 0 Å². The number of hydrogen-bond acceptors (Lipinski definition) is 2. The summed E-state index contributed by atoms with van der Waals surface area (Å²) in [4.78, 5) is 11.7. The SMILES string of the molecule is Cc1ccccc1CNC(C)C(=O)NC1CC1. The lowest BCUT2D eigenvalue weighted by Gasteiger charge is -2.14. The summed E-state index contributed by atoms with van der Waals surface area (Å²) in [5, 5.41) is 6.26.